The van der Waals surface area contributed by atoms with Gasteiger partial charge in [-0.15, -0.1) is 0 Å². The van der Waals surface area contributed by atoms with Crippen LogP contribution >= 0.6 is 0 Å². The van der Waals surface area contributed by atoms with Crippen molar-refractivity contribution in [2.24, 2.45) is 5.73 Å². The molecule has 0 spiro atoms. The van der Waals surface area contributed by atoms with E-state index in [4.69, 9.17) is 19.9 Å². The molecule has 10 nitrogen and oxygen atoms in total. The second-order valence-corrected chi connectivity index (χ2v) is 9.56. The summed E-state index contributed by atoms with van der Waals surface area (Å²) in [6.07, 6.45) is 4.17. The molecule has 0 bridgehead atoms. The quantitative estimate of drug-likeness (QED) is 0.278. The average molecular weight is 472 g/mol. The molecule has 0 aromatic heterocycles. The highest BCUT2D eigenvalue weighted by molar-refractivity contribution is 7.89. The maximum absolute atomic E-state index is 12.4. The monoisotopic (exact) mass is 471 g/mol. The summed E-state index contributed by atoms with van der Waals surface area (Å²) in [6, 6.07) is 7.10. The molecule has 1 aromatic carbocycles. The summed E-state index contributed by atoms with van der Waals surface area (Å²) < 4.78 is 43.3. The Hall–Kier alpha value is -2.37. The summed E-state index contributed by atoms with van der Waals surface area (Å²) in [5.41, 5.74) is 5.77. The minimum Gasteiger partial charge on any atom is -0.490 e. The molecule has 1 atom stereocenters. The van der Waals surface area contributed by atoms with Crippen LogP contribution in [0, 0.1) is 0 Å². The molecule has 1 fully saturated rings. The molecule has 2 rings (SSSR count). The predicted molar refractivity (Wildman–Crippen MR) is 118 cm³/mol. The fourth-order valence-electron chi connectivity index (χ4n) is 3.28. The zero-order valence-electron chi connectivity index (χ0n) is 18.4. The van der Waals surface area contributed by atoms with Crippen molar-refractivity contribution in [3.8, 4) is 5.75 Å². The van der Waals surface area contributed by atoms with Gasteiger partial charge in [0.1, 0.15) is 19.1 Å². The van der Waals surface area contributed by atoms with E-state index in [2.05, 4.69) is 10.0 Å². The normalized spacial score (nSPS) is 15.3. The standard InChI is InChI=1S/C21H33N3O7S/c1-16(17-6-4-9-19(14-17)31-18-7-2-3-8-18)24-32(27,28)13-5-11-29-15-23-21(26)30-12-10-20(22)25/h4,6,9,14,16,18,24H,2-3,5,7-8,10-13,15H2,1H3,(H2,22,25)(H,23,26). The molecule has 1 aliphatic rings. The van der Waals surface area contributed by atoms with Gasteiger partial charge in [0.15, 0.2) is 0 Å². The van der Waals surface area contributed by atoms with Crippen LogP contribution in [0.15, 0.2) is 24.3 Å². The fraction of sp³-hybridized carbons (Fsp3) is 0.619. The van der Waals surface area contributed by atoms with Gasteiger partial charge >= 0.3 is 6.09 Å². The highest BCUT2D eigenvalue weighted by Gasteiger charge is 2.19. The van der Waals surface area contributed by atoms with Crippen molar-refractivity contribution in [2.75, 3.05) is 25.7 Å². The van der Waals surface area contributed by atoms with Crippen LogP contribution in [0.4, 0.5) is 4.79 Å². The predicted octanol–water partition coefficient (Wildman–Crippen LogP) is 1.95. The molecule has 0 saturated heterocycles. The smallest absolute Gasteiger partial charge is 0.408 e. The SMILES string of the molecule is CC(NS(=O)(=O)CCCOCNC(=O)OCCC(N)=O)c1cccc(OC2CCCC2)c1. The number of hydrogen-bond acceptors (Lipinski definition) is 7. The van der Waals surface area contributed by atoms with Crippen LogP contribution in [0.2, 0.25) is 0 Å². The molecule has 1 aliphatic carbocycles. The Bertz CT molecular complexity index is 842. The van der Waals surface area contributed by atoms with Crippen molar-refractivity contribution in [3.05, 3.63) is 29.8 Å². The maximum atomic E-state index is 12.4. The van der Waals surface area contributed by atoms with Crippen molar-refractivity contribution >= 4 is 22.0 Å². The van der Waals surface area contributed by atoms with E-state index in [-0.39, 0.29) is 44.6 Å². The number of nitrogens with one attached hydrogen (secondary N) is 2. The van der Waals surface area contributed by atoms with Crippen LogP contribution in [-0.2, 0) is 24.3 Å². The van der Waals surface area contributed by atoms with Crippen molar-refractivity contribution in [1.82, 2.24) is 10.0 Å². The van der Waals surface area contributed by atoms with Crippen LogP contribution in [0.5, 0.6) is 5.75 Å². The number of carbonyl (C=O) groups excluding carboxylic acids is 2. The van der Waals surface area contributed by atoms with Gasteiger partial charge in [-0.2, -0.15) is 0 Å². The molecule has 1 unspecified atom stereocenters. The average Bonchev–Trinajstić information content (AvgIpc) is 3.23. The Balaban J connectivity index is 1.65. The number of amides is 2. The first kappa shape index (κ1) is 25.9. The minimum atomic E-state index is -3.51. The number of ether oxygens (including phenoxy) is 3. The second kappa shape index (κ2) is 13.2. The molecular formula is C21H33N3O7S. The number of hydrogen-bond donors (Lipinski definition) is 3. The molecule has 4 N–H and O–H groups in total. The topological polar surface area (TPSA) is 146 Å². The summed E-state index contributed by atoms with van der Waals surface area (Å²) in [5.74, 6) is 0.0800. The lowest BCUT2D eigenvalue weighted by molar-refractivity contribution is -0.118. The van der Waals surface area contributed by atoms with Gasteiger partial charge in [0, 0.05) is 12.6 Å². The molecule has 1 aromatic rings. The molecule has 0 radical (unpaired) electrons. The van der Waals surface area contributed by atoms with Crippen LogP contribution < -0.4 is 20.5 Å². The number of benzene rings is 1. The van der Waals surface area contributed by atoms with Gasteiger partial charge in [-0.25, -0.2) is 17.9 Å². The lowest BCUT2D eigenvalue weighted by atomic mass is 10.1. The molecule has 32 heavy (non-hydrogen) atoms. The third-order valence-electron chi connectivity index (χ3n) is 4.92. The minimum absolute atomic E-state index is 0.0601. The van der Waals surface area contributed by atoms with Gasteiger partial charge in [-0.3, -0.25) is 10.1 Å². The van der Waals surface area contributed by atoms with Crippen molar-refractivity contribution < 1.29 is 32.2 Å². The molecular weight excluding hydrogens is 438 g/mol. The Morgan fingerprint density at radius 2 is 1.97 bits per heavy atom. The molecule has 180 valence electrons. The first-order valence-electron chi connectivity index (χ1n) is 10.8. The van der Waals surface area contributed by atoms with E-state index < -0.39 is 28.1 Å². The molecule has 2 amide bonds. The summed E-state index contributed by atoms with van der Waals surface area (Å²) >= 11 is 0. The number of carbonyl (C=O) groups is 2. The Morgan fingerprint density at radius 1 is 1.22 bits per heavy atom. The highest BCUT2D eigenvalue weighted by Crippen LogP contribution is 2.26. The van der Waals surface area contributed by atoms with Crippen LogP contribution in [0.1, 0.15) is 57.1 Å². The van der Waals surface area contributed by atoms with Gasteiger partial charge in [-0.1, -0.05) is 12.1 Å². The van der Waals surface area contributed by atoms with Crippen molar-refractivity contribution in [2.45, 2.75) is 57.6 Å². The Morgan fingerprint density at radius 3 is 2.69 bits per heavy atom. The molecule has 0 aliphatic heterocycles. The summed E-state index contributed by atoms with van der Waals surface area (Å²) in [5, 5.41) is 2.33. The summed E-state index contributed by atoms with van der Waals surface area (Å²) in [7, 11) is -3.51. The zero-order chi connectivity index (χ0) is 23.4. The zero-order valence-corrected chi connectivity index (χ0v) is 19.2. The largest absolute Gasteiger partial charge is 0.490 e. The number of alkyl carbamates (subject to hydrolysis) is 1. The van der Waals surface area contributed by atoms with Crippen LogP contribution in [0.25, 0.3) is 0 Å². The van der Waals surface area contributed by atoms with Gasteiger partial charge in [0.25, 0.3) is 0 Å². The molecule has 11 heteroatoms. The van der Waals surface area contributed by atoms with Crippen LogP contribution in [0.3, 0.4) is 0 Å². The van der Waals surface area contributed by atoms with Gasteiger partial charge < -0.3 is 19.9 Å². The van der Waals surface area contributed by atoms with Crippen LogP contribution in [-0.4, -0.2) is 52.2 Å². The lowest BCUT2D eigenvalue weighted by Crippen LogP contribution is -2.30. The first-order valence-corrected chi connectivity index (χ1v) is 12.4. The van der Waals surface area contributed by atoms with E-state index >= 15 is 0 Å². The number of primary amides is 1. The van der Waals surface area contributed by atoms with E-state index in [0.717, 1.165) is 24.2 Å². The Labute approximate surface area is 189 Å². The maximum Gasteiger partial charge on any atom is 0.408 e. The van der Waals surface area contributed by atoms with Gasteiger partial charge in [0.05, 0.1) is 18.3 Å². The first-order chi connectivity index (χ1) is 15.2. The number of nitrogens with two attached hydrogens (primary N) is 1. The van der Waals surface area contributed by atoms with E-state index in [1.807, 2.05) is 24.3 Å². The molecule has 1 saturated carbocycles. The van der Waals surface area contributed by atoms with E-state index in [0.29, 0.717) is 0 Å². The Kier molecular flexibility index (Phi) is 10.7. The second-order valence-electron chi connectivity index (χ2n) is 7.69. The number of rotatable bonds is 14. The van der Waals surface area contributed by atoms with Crippen molar-refractivity contribution in [3.63, 3.8) is 0 Å². The van der Waals surface area contributed by atoms with Gasteiger partial charge in [0.2, 0.25) is 15.9 Å². The summed E-state index contributed by atoms with van der Waals surface area (Å²) in [6.45, 7) is 1.68. The van der Waals surface area contributed by atoms with E-state index in [1.54, 1.807) is 6.92 Å². The van der Waals surface area contributed by atoms with Gasteiger partial charge in [-0.05, 0) is 56.7 Å². The molecule has 0 heterocycles. The van der Waals surface area contributed by atoms with E-state index in [1.165, 1.54) is 12.8 Å². The van der Waals surface area contributed by atoms with E-state index in [9.17, 15) is 18.0 Å². The third kappa shape index (κ3) is 10.3. The highest BCUT2D eigenvalue weighted by atomic mass is 32.2. The number of sulfonamides is 1. The third-order valence-corrected chi connectivity index (χ3v) is 6.46. The summed E-state index contributed by atoms with van der Waals surface area (Å²) in [4.78, 5) is 21.9. The fourth-order valence-corrected chi connectivity index (χ4v) is 4.57. The van der Waals surface area contributed by atoms with Crippen molar-refractivity contribution in [1.29, 1.82) is 0 Å². The lowest BCUT2D eigenvalue weighted by Gasteiger charge is -2.17.